The van der Waals surface area contributed by atoms with Gasteiger partial charge in [0, 0.05) is 10.5 Å². The monoisotopic (exact) mass is 355 g/mol. The molecule has 0 aliphatic carbocycles. The summed E-state index contributed by atoms with van der Waals surface area (Å²) in [7, 11) is 0. The molecule has 7 nitrogen and oxygen atoms in total. The van der Waals surface area contributed by atoms with Crippen molar-refractivity contribution in [3.05, 3.63) is 59.9 Å². The molecule has 0 saturated heterocycles. The molecule has 8 heteroatoms. The van der Waals surface area contributed by atoms with Crippen LogP contribution in [0.1, 0.15) is 33.7 Å². The van der Waals surface area contributed by atoms with Gasteiger partial charge in [-0.2, -0.15) is 5.10 Å². The summed E-state index contributed by atoms with van der Waals surface area (Å²) < 4.78 is 5.58. The van der Waals surface area contributed by atoms with E-state index in [2.05, 4.69) is 15.2 Å². The molecule has 1 N–H and O–H groups in total. The number of carbonyl (C=O) groups is 3. The third-order valence-corrected chi connectivity index (χ3v) is 4.26. The fourth-order valence-electron chi connectivity index (χ4n) is 2.07. The molecule has 0 atom stereocenters. The predicted octanol–water partition coefficient (Wildman–Crippen LogP) is 2.75. The van der Waals surface area contributed by atoms with Crippen LogP contribution in [0.15, 0.2) is 57.1 Å². The Morgan fingerprint density at radius 1 is 1.12 bits per heavy atom. The zero-order valence-corrected chi connectivity index (χ0v) is 14.0. The van der Waals surface area contributed by atoms with Gasteiger partial charge in [-0.15, -0.1) is 0 Å². The molecule has 0 fully saturated rings. The Kier molecular flexibility index (Phi) is 4.90. The summed E-state index contributed by atoms with van der Waals surface area (Å²) in [4.78, 5) is 39.6. The molecule has 2 heterocycles. The third-order valence-electron chi connectivity index (χ3n) is 3.33. The molecule has 0 radical (unpaired) electrons. The maximum absolute atomic E-state index is 11.9. The molecule has 0 bridgehead atoms. The van der Waals surface area contributed by atoms with E-state index in [0.717, 1.165) is 4.90 Å². The molecule has 0 spiro atoms. The van der Waals surface area contributed by atoms with Crippen molar-refractivity contribution in [1.82, 2.24) is 15.2 Å². The van der Waals surface area contributed by atoms with Crippen molar-refractivity contribution in [3.8, 4) is 0 Å². The first-order valence-electron chi connectivity index (χ1n) is 7.33. The summed E-state index contributed by atoms with van der Waals surface area (Å²) in [5, 5.41) is 6.50. The lowest BCUT2D eigenvalue weighted by molar-refractivity contribution is -0.114. The van der Waals surface area contributed by atoms with Gasteiger partial charge >= 0.3 is 0 Å². The first kappa shape index (κ1) is 16.8. The quantitative estimate of drug-likeness (QED) is 0.513. The summed E-state index contributed by atoms with van der Waals surface area (Å²) in [6.45, 7) is 1.51. The second-order valence-corrected chi connectivity index (χ2v) is 6.24. The summed E-state index contributed by atoms with van der Waals surface area (Å²) in [5.74, 6) is -1.06. The summed E-state index contributed by atoms with van der Waals surface area (Å²) >= 11 is 1.36. The first-order chi connectivity index (χ1) is 12.0. The highest BCUT2D eigenvalue weighted by molar-refractivity contribution is 7.99. The maximum atomic E-state index is 11.9. The highest BCUT2D eigenvalue weighted by Crippen LogP contribution is 2.29. The molecule has 126 valence electrons. The van der Waals surface area contributed by atoms with Gasteiger partial charge in [-0.25, -0.2) is 4.98 Å². The van der Waals surface area contributed by atoms with Gasteiger partial charge in [-0.05, 0) is 31.2 Å². The standard InChI is InChI=1S/C17H13N3O4S/c1-10(21)11-2-5-13(6-3-11)25-15-7-4-12(24-15)8-14(22)16(23)17-18-9-19-20-17/h2-7,9H,8H2,1H3,(H,18,19,20). The highest BCUT2D eigenvalue weighted by Gasteiger charge is 2.20. The number of Topliss-reactive ketones (excluding diaryl/α,β-unsaturated/α-hetero) is 3. The van der Waals surface area contributed by atoms with E-state index in [9.17, 15) is 14.4 Å². The van der Waals surface area contributed by atoms with E-state index in [0.29, 0.717) is 16.4 Å². The van der Waals surface area contributed by atoms with Crippen LogP contribution in [-0.2, 0) is 11.2 Å². The van der Waals surface area contributed by atoms with Gasteiger partial charge < -0.3 is 4.42 Å². The second-order valence-electron chi connectivity index (χ2n) is 5.17. The summed E-state index contributed by atoms with van der Waals surface area (Å²) in [6, 6.07) is 10.5. The molecular weight excluding hydrogens is 342 g/mol. The largest absolute Gasteiger partial charge is 0.454 e. The van der Waals surface area contributed by atoms with Crippen molar-refractivity contribution in [2.24, 2.45) is 0 Å². The first-order valence-corrected chi connectivity index (χ1v) is 8.15. The molecule has 0 amide bonds. The van der Waals surface area contributed by atoms with E-state index < -0.39 is 11.6 Å². The fraction of sp³-hybridized carbons (Fsp3) is 0.118. The average Bonchev–Trinajstić information content (AvgIpc) is 3.27. The van der Waals surface area contributed by atoms with Gasteiger partial charge in [0.15, 0.2) is 16.7 Å². The van der Waals surface area contributed by atoms with Crippen LogP contribution in [-0.4, -0.2) is 32.5 Å². The minimum atomic E-state index is -0.733. The van der Waals surface area contributed by atoms with E-state index in [1.807, 2.05) is 12.1 Å². The van der Waals surface area contributed by atoms with Gasteiger partial charge in [-0.1, -0.05) is 23.9 Å². The van der Waals surface area contributed by atoms with Gasteiger partial charge in [0.1, 0.15) is 12.1 Å². The smallest absolute Gasteiger partial charge is 0.265 e. The number of furan rings is 1. The van der Waals surface area contributed by atoms with Crippen LogP contribution >= 0.6 is 11.8 Å². The van der Waals surface area contributed by atoms with Crippen LogP contribution in [0.5, 0.6) is 0 Å². The number of nitrogens with zero attached hydrogens (tertiary/aromatic N) is 2. The second kappa shape index (κ2) is 7.27. The number of H-pyrrole nitrogens is 1. The normalized spacial score (nSPS) is 10.6. The van der Waals surface area contributed by atoms with E-state index in [1.54, 1.807) is 24.3 Å². The van der Waals surface area contributed by atoms with Crippen LogP contribution in [0, 0.1) is 0 Å². The van der Waals surface area contributed by atoms with Gasteiger partial charge in [0.2, 0.25) is 5.78 Å². The van der Waals surface area contributed by atoms with E-state index in [-0.39, 0.29) is 18.0 Å². The molecule has 25 heavy (non-hydrogen) atoms. The molecule has 0 aliphatic heterocycles. The molecule has 0 saturated carbocycles. The Hall–Kier alpha value is -3.00. The van der Waals surface area contributed by atoms with Gasteiger partial charge in [-0.3, -0.25) is 19.5 Å². The van der Waals surface area contributed by atoms with E-state index in [4.69, 9.17) is 4.42 Å². The minimum absolute atomic E-state index is 0.00627. The lowest BCUT2D eigenvalue weighted by Crippen LogP contribution is -2.17. The Labute approximate surface area is 146 Å². The predicted molar refractivity (Wildman–Crippen MR) is 88.7 cm³/mol. The fourth-order valence-corrected chi connectivity index (χ4v) is 2.86. The molecule has 2 aromatic heterocycles. The zero-order valence-electron chi connectivity index (χ0n) is 13.2. The van der Waals surface area contributed by atoms with Crippen LogP contribution < -0.4 is 0 Å². The van der Waals surface area contributed by atoms with Crippen molar-refractivity contribution >= 4 is 29.1 Å². The van der Waals surface area contributed by atoms with Crippen molar-refractivity contribution in [2.45, 2.75) is 23.3 Å². The molecular formula is C17H13N3O4S. The topological polar surface area (TPSA) is 106 Å². The number of aromatic amines is 1. The highest BCUT2D eigenvalue weighted by atomic mass is 32.2. The van der Waals surface area contributed by atoms with Crippen molar-refractivity contribution < 1.29 is 18.8 Å². The maximum Gasteiger partial charge on any atom is 0.265 e. The Bertz CT molecular complexity index is 914. The number of rotatable bonds is 7. The lowest BCUT2D eigenvalue weighted by Gasteiger charge is -2.00. The number of ketones is 3. The van der Waals surface area contributed by atoms with Gasteiger partial charge in [0.25, 0.3) is 5.78 Å². The summed E-state index contributed by atoms with van der Waals surface area (Å²) in [6.07, 6.45) is 1.02. The number of hydrogen-bond donors (Lipinski definition) is 1. The van der Waals surface area contributed by atoms with Crippen LogP contribution in [0.4, 0.5) is 0 Å². The number of aromatic nitrogens is 3. The number of benzene rings is 1. The third kappa shape index (κ3) is 4.10. The molecule has 1 aromatic carbocycles. The van der Waals surface area contributed by atoms with Crippen molar-refractivity contribution in [1.29, 1.82) is 0 Å². The average molecular weight is 355 g/mol. The minimum Gasteiger partial charge on any atom is -0.454 e. The number of carbonyl (C=O) groups excluding carboxylic acids is 3. The van der Waals surface area contributed by atoms with Crippen molar-refractivity contribution in [2.75, 3.05) is 0 Å². The Morgan fingerprint density at radius 3 is 2.52 bits per heavy atom. The molecule has 0 aliphatic rings. The SMILES string of the molecule is CC(=O)c1ccc(Sc2ccc(CC(=O)C(=O)c3ncn[nH]3)o2)cc1. The Balaban J connectivity index is 1.63. The van der Waals surface area contributed by atoms with Crippen molar-refractivity contribution in [3.63, 3.8) is 0 Å². The van der Waals surface area contributed by atoms with Gasteiger partial charge in [0.05, 0.1) is 6.42 Å². The molecule has 3 aromatic rings. The van der Waals surface area contributed by atoms with Crippen LogP contribution in [0.25, 0.3) is 0 Å². The molecule has 0 unspecified atom stereocenters. The van der Waals surface area contributed by atoms with E-state index in [1.165, 1.54) is 25.0 Å². The van der Waals surface area contributed by atoms with E-state index >= 15 is 0 Å². The molecule has 3 rings (SSSR count). The van der Waals surface area contributed by atoms with Crippen LogP contribution in [0.2, 0.25) is 0 Å². The van der Waals surface area contributed by atoms with Crippen LogP contribution in [0.3, 0.4) is 0 Å². The Morgan fingerprint density at radius 2 is 1.88 bits per heavy atom. The number of hydrogen-bond acceptors (Lipinski definition) is 7. The lowest BCUT2D eigenvalue weighted by atomic mass is 10.1. The number of nitrogens with one attached hydrogen (secondary N) is 1. The summed E-state index contributed by atoms with van der Waals surface area (Å²) in [5.41, 5.74) is 0.640. The zero-order chi connectivity index (χ0) is 17.8.